The minimum absolute atomic E-state index is 0.00916. The molecule has 0 bridgehead atoms. The quantitative estimate of drug-likeness (QED) is 0.269. The Bertz CT molecular complexity index is 1050. The normalized spacial score (nSPS) is 22.8. The number of aliphatic hydroxyl groups excluding tert-OH is 1. The lowest BCUT2D eigenvalue weighted by atomic mass is 9.99. The Morgan fingerprint density at radius 2 is 1.84 bits per heavy atom. The molecule has 1 heterocycles. The topological polar surface area (TPSA) is 71.0 Å². The van der Waals surface area contributed by atoms with E-state index < -0.39 is 16.0 Å². The number of carbonyl (C=O) groups excluding carboxylic acids is 1. The van der Waals surface area contributed by atoms with Crippen molar-refractivity contribution in [3.63, 3.8) is 0 Å². The van der Waals surface area contributed by atoms with Crippen LogP contribution in [0.5, 0.6) is 0 Å². The van der Waals surface area contributed by atoms with Crippen molar-refractivity contribution >= 4 is 46.4 Å². The highest BCUT2D eigenvalue weighted by atomic mass is 35.6. The minimum atomic E-state index is -2.07. The number of benzene rings is 2. The highest BCUT2D eigenvalue weighted by Gasteiger charge is 2.35. The molecule has 6 nitrogen and oxygen atoms in total. The second-order valence-electron chi connectivity index (χ2n) is 9.61. The van der Waals surface area contributed by atoms with Crippen molar-refractivity contribution in [1.82, 2.24) is 4.90 Å². The number of rotatable bonds is 9. The first-order chi connectivity index (χ1) is 17.8. The van der Waals surface area contributed by atoms with E-state index in [2.05, 4.69) is 16.8 Å². The van der Waals surface area contributed by atoms with E-state index in [9.17, 15) is 9.90 Å². The average molecular weight is 568 g/mol. The van der Waals surface area contributed by atoms with Gasteiger partial charge in [-0.3, -0.25) is 9.69 Å². The number of halogens is 3. The fraction of sp³-hybridized carbons (Fsp3) is 0.464. The molecular formula is C28H33Cl3N2O4. The molecule has 1 aliphatic heterocycles. The standard InChI is InChI=1S/C28H33Cl3N2O4/c1-2-14-33(23-8-3-4-9-23)17-24-16-25(20-12-10-19(18-34)11-13-20)37-26(36-24)21-6-5-7-22(15-21)32-27(35)28(29,30)31/h2,5-7,10-13,15,23-26,34H,1,3-4,8-9,14,16-18H2,(H,32,35)/t24-,25+,26+/m1/s1. The number of nitrogens with zero attached hydrogens (tertiary/aromatic N) is 1. The smallest absolute Gasteiger partial charge is 0.276 e. The Balaban J connectivity index is 1.57. The van der Waals surface area contributed by atoms with Gasteiger partial charge in [0.15, 0.2) is 6.29 Å². The molecule has 4 rings (SSSR count). The van der Waals surface area contributed by atoms with Gasteiger partial charge in [0, 0.05) is 36.8 Å². The van der Waals surface area contributed by atoms with E-state index in [0.29, 0.717) is 18.2 Å². The predicted molar refractivity (Wildman–Crippen MR) is 148 cm³/mol. The Hall–Kier alpha value is -1.64. The lowest BCUT2D eigenvalue weighted by Gasteiger charge is -2.39. The fourth-order valence-corrected chi connectivity index (χ4v) is 5.21. The van der Waals surface area contributed by atoms with Crippen molar-refractivity contribution in [2.75, 3.05) is 18.4 Å². The Kier molecular flexibility index (Phi) is 9.92. The lowest BCUT2D eigenvalue weighted by Crippen LogP contribution is -2.43. The average Bonchev–Trinajstić information content (AvgIpc) is 3.43. The summed E-state index contributed by atoms with van der Waals surface area (Å²) in [6, 6.07) is 15.5. The first kappa shape index (κ1) is 28.4. The number of carbonyl (C=O) groups is 1. The van der Waals surface area contributed by atoms with Crippen molar-refractivity contribution in [3.05, 3.63) is 77.9 Å². The van der Waals surface area contributed by atoms with Gasteiger partial charge in [0.2, 0.25) is 0 Å². The molecule has 2 N–H and O–H groups in total. The third-order valence-electron chi connectivity index (χ3n) is 6.93. The summed E-state index contributed by atoms with van der Waals surface area (Å²) in [6.07, 6.45) is 6.60. The van der Waals surface area contributed by atoms with Gasteiger partial charge in [0.05, 0.1) is 18.8 Å². The molecule has 9 heteroatoms. The van der Waals surface area contributed by atoms with E-state index in [1.165, 1.54) is 25.7 Å². The van der Waals surface area contributed by atoms with Crippen LogP contribution in [-0.4, -0.2) is 44.9 Å². The molecule has 2 fully saturated rings. The molecule has 3 atom stereocenters. The summed E-state index contributed by atoms with van der Waals surface area (Å²) in [7, 11) is 0. The van der Waals surface area contributed by atoms with E-state index >= 15 is 0 Å². The summed E-state index contributed by atoms with van der Waals surface area (Å²) in [4.78, 5) is 14.6. The van der Waals surface area contributed by atoms with Crippen molar-refractivity contribution < 1.29 is 19.4 Å². The van der Waals surface area contributed by atoms with Crippen LogP contribution < -0.4 is 5.32 Å². The number of anilines is 1. The lowest BCUT2D eigenvalue weighted by molar-refractivity contribution is -0.253. The van der Waals surface area contributed by atoms with Crippen molar-refractivity contribution in [2.45, 2.75) is 67.0 Å². The van der Waals surface area contributed by atoms with E-state index in [4.69, 9.17) is 44.3 Å². The Morgan fingerprint density at radius 1 is 1.11 bits per heavy atom. The summed E-state index contributed by atoms with van der Waals surface area (Å²) < 4.78 is 10.9. The summed E-state index contributed by atoms with van der Waals surface area (Å²) >= 11 is 17.2. The van der Waals surface area contributed by atoms with Gasteiger partial charge in [-0.25, -0.2) is 0 Å². The van der Waals surface area contributed by atoms with Gasteiger partial charge < -0.3 is 19.9 Å². The van der Waals surface area contributed by atoms with E-state index in [1.54, 1.807) is 18.2 Å². The van der Waals surface area contributed by atoms with Crippen LogP contribution >= 0.6 is 34.8 Å². The minimum Gasteiger partial charge on any atom is -0.392 e. The second-order valence-corrected chi connectivity index (χ2v) is 11.9. The maximum absolute atomic E-state index is 12.2. The van der Waals surface area contributed by atoms with E-state index in [-0.39, 0.29) is 18.8 Å². The van der Waals surface area contributed by atoms with Gasteiger partial charge in [0.1, 0.15) is 0 Å². The van der Waals surface area contributed by atoms with Crippen molar-refractivity contribution in [3.8, 4) is 0 Å². The van der Waals surface area contributed by atoms with Gasteiger partial charge in [-0.2, -0.15) is 0 Å². The predicted octanol–water partition coefficient (Wildman–Crippen LogP) is 6.46. The zero-order valence-corrected chi connectivity index (χ0v) is 22.9. The highest BCUT2D eigenvalue weighted by molar-refractivity contribution is 6.76. The third kappa shape index (κ3) is 7.70. The third-order valence-corrected chi connectivity index (χ3v) is 7.45. The Morgan fingerprint density at radius 3 is 2.49 bits per heavy atom. The van der Waals surface area contributed by atoms with Crippen molar-refractivity contribution in [1.29, 1.82) is 0 Å². The molecule has 2 aromatic rings. The zero-order valence-electron chi connectivity index (χ0n) is 20.6. The molecule has 0 spiro atoms. The molecule has 0 aromatic heterocycles. The molecule has 1 amide bonds. The van der Waals surface area contributed by atoms with Crippen LogP contribution in [0.3, 0.4) is 0 Å². The molecule has 0 radical (unpaired) electrons. The van der Waals surface area contributed by atoms with Gasteiger partial charge in [-0.1, -0.05) is 90.1 Å². The van der Waals surface area contributed by atoms with Crippen LogP contribution in [0.15, 0.2) is 61.2 Å². The Labute approximate surface area is 233 Å². The van der Waals surface area contributed by atoms with Gasteiger partial charge >= 0.3 is 0 Å². The first-order valence-corrected chi connectivity index (χ1v) is 13.7. The fourth-order valence-electron chi connectivity index (χ4n) is 5.07. The zero-order chi connectivity index (χ0) is 26.4. The van der Waals surface area contributed by atoms with E-state index in [0.717, 1.165) is 29.8 Å². The van der Waals surface area contributed by atoms with Crippen LogP contribution in [0, 0.1) is 0 Å². The van der Waals surface area contributed by atoms with Gasteiger partial charge in [-0.05, 0) is 36.1 Å². The maximum Gasteiger partial charge on any atom is 0.276 e. The van der Waals surface area contributed by atoms with Crippen LogP contribution in [0.4, 0.5) is 5.69 Å². The summed E-state index contributed by atoms with van der Waals surface area (Å²) in [5.41, 5.74) is 3.10. The van der Waals surface area contributed by atoms with Crippen LogP contribution in [-0.2, 0) is 20.9 Å². The molecule has 2 aromatic carbocycles. The van der Waals surface area contributed by atoms with Crippen LogP contribution in [0.1, 0.15) is 61.2 Å². The maximum atomic E-state index is 12.2. The summed E-state index contributed by atoms with van der Waals surface area (Å²) in [5.74, 6) is -0.739. The van der Waals surface area contributed by atoms with E-state index in [1.807, 2.05) is 36.4 Å². The van der Waals surface area contributed by atoms with Gasteiger partial charge in [-0.15, -0.1) is 6.58 Å². The molecular weight excluding hydrogens is 535 g/mol. The molecule has 1 aliphatic carbocycles. The SMILES string of the molecule is C=CCN(C[C@H]1C[C@@H](c2ccc(CO)cc2)O[C@@H](c2cccc(NC(=O)C(Cl)(Cl)Cl)c2)O1)C1CCCC1. The largest absolute Gasteiger partial charge is 0.392 e. The molecule has 2 aliphatic rings. The van der Waals surface area contributed by atoms with Crippen LogP contribution in [0.25, 0.3) is 0 Å². The molecule has 1 saturated carbocycles. The number of nitrogens with one attached hydrogen (secondary N) is 1. The number of aliphatic hydroxyl groups is 1. The van der Waals surface area contributed by atoms with Crippen molar-refractivity contribution in [2.24, 2.45) is 0 Å². The number of alkyl halides is 3. The number of hydrogen-bond donors (Lipinski definition) is 2. The highest BCUT2D eigenvalue weighted by Crippen LogP contribution is 2.39. The molecule has 37 heavy (non-hydrogen) atoms. The number of amides is 1. The first-order valence-electron chi connectivity index (χ1n) is 12.6. The van der Waals surface area contributed by atoms with Gasteiger partial charge in [0.25, 0.3) is 9.70 Å². The number of hydrogen-bond acceptors (Lipinski definition) is 5. The molecule has 1 saturated heterocycles. The second kappa shape index (κ2) is 12.9. The molecule has 200 valence electrons. The molecule has 0 unspecified atom stereocenters. The number of ether oxygens (including phenoxy) is 2. The monoisotopic (exact) mass is 566 g/mol. The summed E-state index contributed by atoms with van der Waals surface area (Å²) in [5, 5.41) is 12.1. The summed E-state index contributed by atoms with van der Waals surface area (Å²) in [6.45, 7) is 5.54. The van der Waals surface area contributed by atoms with Crippen LogP contribution in [0.2, 0.25) is 0 Å².